The third-order valence-corrected chi connectivity index (χ3v) is 4.76. The van der Waals surface area contributed by atoms with Crippen LogP contribution in [0.15, 0.2) is 48.2 Å². The van der Waals surface area contributed by atoms with E-state index in [4.69, 9.17) is 18.9 Å². The molecule has 7 nitrogen and oxygen atoms in total. The van der Waals surface area contributed by atoms with Gasteiger partial charge in [-0.1, -0.05) is 30.3 Å². The Kier molecular flexibility index (Phi) is 7.67. The molecule has 0 aliphatic carbocycles. The number of aliphatic carboxylic acids is 1. The Hall–Kier alpha value is -3.32. The number of benzene rings is 2. The fourth-order valence-corrected chi connectivity index (χ4v) is 3.30. The lowest BCUT2D eigenvalue weighted by Crippen LogP contribution is -2.30. The molecule has 0 aromatic heterocycles. The van der Waals surface area contributed by atoms with Crippen molar-refractivity contribution >= 4 is 18.2 Å². The molecule has 1 aliphatic heterocycles. The molecule has 0 spiro atoms. The summed E-state index contributed by atoms with van der Waals surface area (Å²) in [5, 5.41) is 11.5. The molecular weight excluding hydrogens is 400 g/mol. The standard InChI is InChI=1S/C24H26O7/c1-16-12-19(14-20(23(25)26)30-21-10-6-7-11-28-21)13-17(2)22(16)31-24(27)29-15-18-8-4-3-5-9-18/h3-5,8-9,12-14,21H,6-7,10-11,15H2,1-2H3,(H,25,26)/p-1/b20-14-. The first kappa shape index (κ1) is 22.4. The highest BCUT2D eigenvalue weighted by atomic mass is 16.7. The summed E-state index contributed by atoms with van der Waals surface area (Å²) >= 11 is 0. The van der Waals surface area contributed by atoms with Crippen LogP contribution in [0.1, 0.15) is 41.5 Å². The van der Waals surface area contributed by atoms with Gasteiger partial charge in [0.15, 0.2) is 6.29 Å². The summed E-state index contributed by atoms with van der Waals surface area (Å²) in [6.07, 6.45) is 2.44. The lowest BCUT2D eigenvalue weighted by molar-refractivity contribution is -0.306. The second kappa shape index (κ2) is 10.6. The van der Waals surface area contributed by atoms with Gasteiger partial charge >= 0.3 is 6.16 Å². The van der Waals surface area contributed by atoms with Crippen molar-refractivity contribution in [3.63, 3.8) is 0 Å². The average Bonchev–Trinajstić information content (AvgIpc) is 2.76. The summed E-state index contributed by atoms with van der Waals surface area (Å²) in [6.45, 7) is 4.16. The van der Waals surface area contributed by atoms with Crippen molar-refractivity contribution in [3.05, 3.63) is 70.5 Å². The first-order chi connectivity index (χ1) is 14.9. The van der Waals surface area contributed by atoms with Gasteiger partial charge in [0, 0.05) is 6.42 Å². The van der Waals surface area contributed by atoms with Crippen LogP contribution in [0.4, 0.5) is 4.79 Å². The maximum Gasteiger partial charge on any atom is 0.514 e. The molecule has 0 saturated carbocycles. The summed E-state index contributed by atoms with van der Waals surface area (Å²) in [4.78, 5) is 23.6. The minimum absolute atomic E-state index is 0.105. The van der Waals surface area contributed by atoms with Gasteiger partial charge in [-0.15, -0.1) is 0 Å². The Labute approximate surface area is 181 Å². The van der Waals surface area contributed by atoms with Gasteiger partial charge in [0.25, 0.3) is 0 Å². The molecule has 2 aromatic carbocycles. The highest BCUT2D eigenvalue weighted by Crippen LogP contribution is 2.27. The number of carboxylic acids is 1. The highest BCUT2D eigenvalue weighted by molar-refractivity contribution is 5.88. The third-order valence-electron chi connectivity index (χ3n) is 4.76. The fraction of sp³-hybridized carbons (Fsp3) is 0.333. The van der Waals surface area contributed by atoms with Gasteiger partial charge in [0.05, 0.1) is 6.61 Å². The van der Waals surface area contributed by atoms with Gasteiger partial charge in [-0.2, -0.15) is 0 Å². The molecular formula is C24H25O7-. The van der Waals surface area contributed by atoms with Crippen molar-refractivity contribution in [2.24, 2.45) is 0 Å². The van der Waals surface area contributed by atoms with Crippen LogP contribution in [0.2, 0.25) is 0 Å². The van der Waals surface area contributed by atoms with Gasteiger partial charge in [-0.25, -0.2) is 4.79 Å². The Morgan fingerprint density at radius 1 is 1.13 bits per heavy atom. The zero-order chi connectivity index (χ0) is 22.2. The van der Waals surface area contributed by atoms with E-state index in [1.54, 1.807) is 26.0 Å². The quantitative estimate of drug-likeness (QED) is 0.289. The normalized spacial score (nSPS) is 16.5. The van der Waals surface area contributed by atoms with Gasteiger partial charge < -0.3 is 28.8 Å². The molecule has 31 heavy (non-hydrogen) atoms. The van der Waals surface area contributed by atoms with Crippen LogP contribution in [0.25, 0.3) is 6.08 Å². The van der Waals surface area contributed by atoms with Crippen molar-refractivity contribution in [1.29, 1.82) is 0 Å². The first-order valence-electron chi connectivity index (χ1n) is 10.1. The largest absolute Gasteiger partial charge is 0.542 e. The maximum absolute atomic E-state index is 12.1. The SMILES string of the molecule is Cc1cc(/C=C(\OC2CCCCO2)C(=O)[O-])cc(C)c1OC(=O)OCc1ccccc1. The maximum atomic E-state index is 12.1. The molecule has 1 heterocycles. The molecule has 2 aromatic rings. The predicted octanol–water partition coefficient (Wildman–Crippen LogP) is 3.65. The second-order valence-corrected chi connectivity index (χ2v) is 7.32. The monoisotopic (exact) mass is 425 g/mol. The second-order valence-electron chi connectivity index (χ2n) is 7.32. The number of rotatable bonds is 7. The van der Waals surface area contributed by atoms with E-state index < -0.39 is 18.4 Å². The van der Waals surface area contributed by atoms with E-state index >= 15 is 0 Å². The molecule has 1 aliphatic rings. The molecule has 7 heteroatoms. The number of carboxylic acid groups (broad SMARTS) is 1. The van der Waals surface area contributed by atoms with Crippen molar-refractivity contribution in [2.75, 3.05) is 6.61 Å². The van der Waals surface area contributed by atoms with Crippen LogP contribution in [0, 0.1) is 13.8 Å². The van der Waals surface area contributed by atoms with Crippen LogP contribution in [0.5, 0.6) is 5.75 Å². The number of carbonyl (C=O) groups excluding carboxylic acids is 2. The first-order valence-corrected chi connectivity index (χ1v) is 10.1. The summed E-state index contributed by atoms with van der Waals surface area (Å²) < 4.78 is 21.4. The molecule has 0 bridgehead atoms. The summed E-state index contributed by atoms with van der Waals surface area (Å²) in [6, 6.07) is 12.7. The van der Waals surface area contributed by atoms with E-state index in [2.05, 4.69) is 0 Å². The fourth-order valence-electron chi connectivity index (χ4n) is 3.30. The van der Waals surface area contributed by atoms with Crippen molar-refractivity contribution < 1.29 is 33.6 Å². The molecule has 0 N–H and O–H groups in total. The van der Waals surface area contributed by atoms with E-state index in [-0.39, 0.29) is 12.4 Å². The topological polar surface area (TPSA) is 94.1 Å². The van der Waals surface area contributed by atoms with E-state index in [1.165, 1.54) is 6.08 Å². The van der Waals surface area contributed by atoms with Crippen molar-refractivity contribution in [2.45, 2.75) is 46.0 Å². The van der Waals surface area contributed by atoms with Gasteiger partial charge in [-0.3, -0.25) is 0 Å². The lowest BCUT2D eigenvalue weighted by atomic mass is 10.0. The number of ether oxygens (including phenoxy) is 4. The minimum Gasteiger partial charge on any atom is -0.542 e. The van der Waals surface area contributed by atoms with Crippen molar-refractivity contribution in [3.8, 4) is 5.75 Å². The predicted molar refractivity (Wildman–Crippen MR) is 111 cm³/mol. The van der Waals surface area contributed by atoms with Crippen LogP contribution in [0.3, 0.4) is 0 Å². The minimum atomic E-state index is -1.42. The van der Waals surface area contributed by atoms with E-state index in [0.29, 0.717) is 35.5 Å². The molecule has 0 radical (unpaired) electrons. The molecule has 1 fully saturated rings. The number of hydrogen-bond acceptors (Lipinski definition) is 7. The van der Waals surface area contributed by atoms with Gasteiger partial charge in [-0.05, 0) is 67.2 Å². The summed E-state index contributed by atoms with van der Waals surface area (Å²) in [5.41, 5.74) is 2.73. The smallest absolute Gasteiger partial charge is 0.514 e. The van der Waals surface area contributed by atoms with Crippen molar-refractivity contribution in [1.82, 2.24) is 0 Å². The summed E-state index contributed by atoms with van der Waals surface area (Å²) in [7, 11) is 0. The Bertz CT molecular complexity index is 921. The molecule has 1 saturated heterocycles. The molecule has 1 unspecified atom stereocenters. The molecule has 3 rings (SSSR count). The zero-order valence-electron chi connectivity index (χ0n) is 17.6. The number of aryl methyl sites for hydroxylation is 2. The Balaban J connectivity index is 1.68. The van der Waals surface area contributed by atoms with Gasteiger partial charge in [0.2, 0.25) is 0 Å². The summed E-state index contributed by atoms with van der Waals surface area (Å²) in [5.74, 6) is -1.36. The van der Waals surface area contributed by atoms with Gasteiger partial charge in [0.1, 0.15) is 24.1 Å². The number of carbonyl (C=O) groups is 2. The van der Waals surface area contributed by atoms with E-state index in [0.717, 1.165) is 18.4 Å². The third kappa shape index (κ3) is 6.58. The zero-order valence-corrected chi connectivity index (χ0v) is 17.6. The Morgan fingerprint density at radius 3 is 2.45 bits per heavy atom. The van der Waals surface area contributed by atoms with Crippen LogP contribution in [-0.2, 0) is 25.6 Å². The van der Waals surface area contributed by atoms with Crippen LogP contribution in [-0.4, -0.2) is 25.0 Å². The molecule has 0 amide bonds. The van der Waals surface area contributed by atoms with Crippen LogP contribution >= 0.6 is 0 Å². The molecule has 164 valence electrons. The Morgan fingerprint density at radius 2 is 1.84 bits per heavy atom. The molecule has 1 atom stereocenters. The van der Waals surface area contributed by atoms with E-state index in [9.17, 15) is 14.7 Å². The number of hydrogen-bond donors (Lipinski definition) is 0. The highest BCUT2D eigenvalue weighted by Gasteiger charge is 2.18. The van der Waals surface area contributed by atoms with E-state index in [1.807, 2.05) is 30.3 Å². The van der Waals surface area contributed by atoms with Crippen LogP contribution < -0.4 is 9.84 Å². The lowest BCUT2D eigenvalue weighted by Gasteiger charge is -2.25. The average molecular weight is 425 g/mol.